The van der Waals surface area contributed by atoms with Crippen molar-refractivity contribution in [3.63, 3.8) is 0 Å². The first-order valence-electron chi connectivity index (χ1n) is 7.95. The van der Waals surface area contributed by atoms with Crippen LogP contribution < -0.4 is 10.6 Å². The van der Waals surface area contributed by atoms with E-state index in [0.29, 0.717) is 10.8 Å². The zero-order valence-electron chi connectivity index (χ0n) is 12.7. The molecule has 1 aliphatic heterocycles. The molecule has 1 amide bonds. The summed E-state index contributed by atoms with van der Waals surface area (Å²) in [7, 11) is 0. The largest absolute Gasteiger partial charge is 0.349 e. The van der Waals surface area contributed by atoms with E-state index in [2.05, 4.69) is 27.7 Å². The number of rotatable bonds is 5. The Morgan fingerprint density at radius 3 is 2.86 bits per heavy atom. The van der Waals surface area contributed by atoms with Crippen molar-refractivity contribution in [2.24, 2.45) is 0 Å². The highest BCUT2D eigenvalue weighted by Gasteiger charge is 2.36. The average molecular weight is 307 g/mol. The number of hydrogen-bond acceptors (Lipinski definition) is 3. The minimum absolute atomic E-state index is 0.0823. The lowest BCUT2D eigenvalue weighted by molar-refractivity contribution is 0.0931. The lowest BCUT2D eigenvalue weighted by atomic mass is 9.84. The number of amides is 1. The second-order valence-corrected chi connectivity index (χ2v) is 7.48. The number of nitrogens with zero attached hydrogens (tertiary/aromatic N) is 1. The van der Waals surface area contributed by atoms with Crippen LogP contribution in [0.5, 0.6) is 0 Å². The Hall–Kier alpha value is -0.940. The first kappa shape index (κ1) is 15.0. The van der Waals surface area contributed by atoms with Gasteiger partial charge in [0.05, 0.1) is 0 Å². The van der Waals surface area contributed by atoms with Gasteiger partial charge in [0, 0.05) is 23.5 Å². The number of carbonyl (C=O) groups excluding carboxylic acids is 1. The van der Waals surface area contributed by atoms with Crippen LogP contribution in [-0.4, -0.2) is 41.1 Å². The standard InChI is InChI=1S/C16H25N3OS/c1-21-16(7-3-8-16)12-18-15(20)14-4-2-11-19(14)13-5-9-17-10-6-13/h2,4,11,13,17H,3,5-10,12H2,1H3,(H,18,20). The fraction of sp³-hybridized carbons (Fsp3) is 0.688. The van der Waals surface area contributed by atoms with Crippen molar-refractivity contribution in [1.82, 2.24) is 15.2 Å². The van der Waals surface area contributed by atoms with E-state index >= 15 is 0 Å². The molecule has 2 fully saturated rings. The van der Waals surface area contributed by atoms with Gasteiger partial charge in [-0.2, -0.15) is 11.8 Å². The summed E-state index contributed by atoms with van der Waals surface area (Å²) in [5.74, 6) is 0.0823. The third-order valence-electron chi connectivity index (χ3n) is 4.98. The molecule has 0 spiro atoms. The summed E-state index contributed by atoms with van der Waals surface area (Å²) in [4.78, 5) is 12.5. The van der Waals surface area contributed by atoms with E-state index < -0.39 is 0 Å². The van der Waals surface area contributed by atoms with Crippen LogP contribution in [0.2, 0.25) is 0 Å². The van der Waals surface area contributed by atoms with Gasteiger partial charge in [0.1, 0.15) is 5.69 Å². The fourth-order valence-electron chi connectivity index (χ4n) is 3.35. The molecule has 2 heterocycles. The quantitative estimate of drug-likeness (QED) is 0.878. The summed E-state index contributed by atoms with van der Waals surface area (Å²) in [6, 6.07) is 4.40. The number of thioether (sulfide) groups is 1. The maximum atomic E-state index is 12.5. The monoisotopic (exact) mass is 307 g/mol. The van der Waals surface area contributed by atoms with Gasteiger partial charge in [0.25, 0.3) is 5.91 Å². The summed E-state index contributed by atoms with van der Waals surface area (Å²) < 4.78 is 2.46. The highest BCUT2D eigenvalue weighted by molar-refractivity contribution is 8.00. The topological polar surface area (TPSA) is 46.1 Å². The summed E-state index contributed by atoms with van der Waals surface area (Å²) >= 11 is 1.90. The molecule has 0 bridgehead atoms. The lowest BCUT2D eigenvalue weighted by Crippen LogP contribution is -2.45. The molecule has 2 aliphatic rings. The molecule has 21 heavy (non-hydrogen) atoms. The Morgan fingerprint density at radius 1 is 1.48 bits per heavy atom. The fourth-order valence-corrected chi connectivity index (χ4v) is 4.26. The molecule has 5 heteroatoms. The number of hydrogen-bond donors (Lipinski definition) is 2. The molecular formula is C16H25N3OS. The molecule has 1 aromatic rings. The Balaban J connectivity index is 1.63. The van der Waals surface area contributed by atoms with E-state index in [1.807, 2.05) is 23.9 Å². The van der Waals surface area contributed by atoms with Crippen molar-refractivity contribution >= 4 is 17.7 Å². The minimum Gasteiger partial charge on any atom is -0.349 e. The Labute approximate surface area is 131 Å². The summed E-state index contributed by atoms with van der Waals surface area (Å²) in [5, 5.41) is 6.54. The van der Waals surface area contributed by atoms with Gasteiger partial charge in [-0.3, -0.25) is 4.79 Å². The Bertz CT molecular complexity index is 484. The molecule has 2 N–H and O–H groups in total. The van der Waals surface area contributed by atoms with E-state index in [9.17, 15) is 4.79 Å². The van der Waals surface area contributed by atoms with E-state index in [-0.39, 0.29) is 5.91 Å². The van der Waals surface area contributed by atoms with Crippen LogP contribution in [-0.2, 0) is 0 Å². The minimum atomic E-state index is 0.0823. The number of piperidine rings is 1. The van der Waals surface area contributed by atoms with Gasteiger partial charge < -0.3 is 15.2 Å². The van der Waals surface area contributed by atoms with Gasteiger partial charge in [-0.05, 0) is 57.2 Å². The molecule has 0 unspecified atom stereocenters. The molecule has 1 aliphatic carbocycles. The van der Waals surface area contributed by atoms with Gasteiger partial charge in [0.15, 0.2) is 0 Å². The highest BCUT2D eigenvalue weighted by Crippen LogP contribution is 2.42. The van der Waals surface area contributed by atoms with Crippen LogP contribution in [0.1, 0.15) is 48.6 Å². The van der Waals surface area contributed by atoms with Crippen LogP contribution in [0.3, 0.4) is 0 Å². The third kappa shape index (κ3) is 3.14. The molecule has 1 saturated heterocycles. The van der Waals surface area contributed by atoms with E-state index in [0.717, 1.165) is 38.2 Å². The van der Waals surface area contributed by atoms with Gasteiger partial charge in [-0.25, -0.2) is 0 Å². The molecule has 4 nitrogen and oxygen atoms in total. The lowest BCUT2D eigenvalue weighted by Gasteiger charge is -2.40. The van der Waals surface area contributed by atoms with Gasteiger partial charge in [-0.15, -0.1) is 0 Å². The molecule has 3 rings (SSSR count). The first-order chi connectivity index (χ1) is 10.2. The summed E-state index contributed by atoms with van der Waals surface area (Å²) in [5.41, 5.74) is 0.817. The van der Waals surface area contributed by atoms with Crippen molar-refractivity contribution < 1.29 is 4.79 Å². The summed E-state index contributed by atoms with van der Waals surface area (Å²) in [6.07, 6.45) is 10.2. The smallest absolute Gasteiger partial charge is 0.267 e. The number of aromatic nitrogens is 1. The van der Waals surface area contributed by atoms with Crippen LogP contribution in [0.25, 0.3) is 0 Å². The van der Waals surface area contributed by atoms with Crippen LogP contribution >= 0.6 is 11.8 Å². The van der Waals surface area contributed by atoms with Crippen molar-refractivity contribution in [2.75, 3.05) is 25.9 Å². The molecule has 116 valence electrons. The van der Waals surface area contributed by atoms with E-state index in [4.69, 9.17) is 0 Å². The van der Waals surface area contributed by atoms with Crippen LogP contribution in [0, 0.1) is 0 Å². The zero-order chi connectivity index (χ0) is 14.7. The van der Waals surface area contributed by atoms with Gasteiger partial charge in [0.2, 0.25) is 0 Å². The van der Waals surface area contributed by atoms with E-state index in [1.165, 1.54) is 19.3 Å². The third-order valence-corrected chi connectivity index (χ3v) is 6.40. The predicted octanol–water partition coefficient (Wildman–Crippen LogP) is 2.43. The van der Waals surface area contributed by atoms with E-state index in [1.54, 1.807) is 0 Å². The predicted molar refractivity (Wildman–Crippen MR) is 88.0 cm³/mol. The SMILES string of the molecule is CSC1(CNC(=O)c2cccn2C2CCNCC2)CCC1. The normalized spacial score (nSPS) is 21.8. The maximum Gasteiger partial charge on any atom is 0.267 e. The van der Waals surface area contributed by atoms with Gasteiger partial charge in [-0.1, -0.05) is 6.42 Å². The molecule has 0 atom stereocenters. The van der Waals surface area contributed by atoms with Crippen LogP contribution in [0.4, 0.5) is 0 Å². The Kier molecular flexibility index (Phi) is 4.60. The molecule has 1 aromatic heterocycles. The van der Waals surface area contributed by atoms with Crippen molar-refractivity contribution in [2.45, 2.75) is 42.9 Å². The van der Waals surface area contributed by atoms with Gasteiger partial charge >= 0.3 is 0 Å². The van der Waals surface area contributed by atoms with Crippen molar-refractivity contribution in [3.8, 4) is 0 Å². The molecular weight excluding hydrogens is 282 g/mol. The Morgan fingerprint density at radius 2 is 2.24 bits per heavy atom. The zero-order valence-corrected chi connectivity index (χ0v) is 13.5. The first-order valence-corrected chi connectivity index (χ1v) is 9.17. The number of nitrogens with one attached hydrogen (secondary N) is 2. The highest BCUT2D eigenvalue weighted by atomic mass is 32.2. The van der Waals surface area contributed by atoms with Crippen molar-refractivity contribution in [3.05, 3.63) is 24.0 Å². The number of carbonyl (C=O) groups is 1. The van der Waals surface area contributed by atoms with Crippen LogP contribution in [0.15, 0.2) is 18.3 Å². The summed E-state index contributed by atoms with van der Waals surface area (Å²) in [6.45, 7) is 2.88. The molecule has 0 radical (unpaired) electrons. The molecule has 1 saturated carbocycles. The van der Waals surface area contributed by atoms with Crippen molar-refractivity contribution in [1.29, 1.82) is 0 Å². The second kappa shape index (κ2) is 6.44. The maximum absolute atomic E-state index is 12.5. The average Bonchev–Trinajstić information content (AvgIpc) is 2.97. The second-order valence-electron chi connectivity index (χ2n) is 6.21. The molecule has 0 aromatic carbocycles.